The third kappa shape index (κ3) is 5.90. The number of hydrogen-bond acceptors (Lipinski definition) is 5. The number of benzene rings is 2. The van der Waals surface area contributed by atoms with E-state index in [0.717, 1.165) is 22.3 Å². The number of aliphatic carboxylic acids is 1. The van der Waals surface area contributed by atoms with Crippen LogP contribution in [0.15, 0.2) is 48.5 Å². The van der Waals surface area contributed by atoms with Crippen molar-refractivity contribution in [1.29, 1.82) is 0 Å². The summed E-state index contributed by atoms with van der Waals surface area (Å²) in [4.78, 5) is 39.9. The molecule has 33 heavy (non-hydrogen) atoms. The number of carboxylic acid groups (broad SMARTS) is 1. The summed E-state index contributed by atoms with van der Waals surface area (Å²) >= 11 is 0. The van der Waals surface area contributed by atoms with Crippen LogP contribution >= 0.6 is 0 Å². The van der Waals surface area contributed by atoms with E-state index < -0.39 is 30.6 Å². The monoisotopic (exact) mass is 453 g/mol. The van der Waals surface area contributed by atoms with Gasteiger partial charge in [0, 0.05) is 19.0 Å². The molecule has 1 aliphatic rings. The van der Waals surface area contributed by atoms with Gasteiger partial charge in [0.15, 0.2) is 0 Å². The summed E-state index contributed by atoms with van der Waals surface area (Å²) in [7, 11) is 3.56. The van der Waals surface area contributed by atoms with Crippen LogP contribution in [-0.2, 0) is 14.3 Å². The Morgan fingerprint density at radius 3 is 2.12 bits per heavy atom. The summed E-state index contributed by atoms with van der Waals surface area (Å²) in [5.41, 5.74) is 4.46. The van der Waals surface area contributed by atoms with Crippen molar-refractivity contribution in [2.75, 3.05) is 40.3 Å². The van der Waals surface area contributed by atoms with Crippen molar-refractivity contribution in [1.82, 2.24) is 15.1 Å². The molecule has 0 aliphatic heterocycles. The predicted molar refractivity (Wildman–Crippen MR) is 125 cm³/mol. The Morgan fingerprint density at radius 1 is 1.03 bits per heavy atom. The molecule has 0 spiro atoms. The largest absolute Gasteiger partial charge is 0.480 e. The molecule has 1 aliphatic carbocycles. The van der Waals surface area contributed by atoms with Crippen molar-refractivity contribution in [2.24, 2.45) is 0 Å². The number of likely N-dealkylation sites (N-methyl/N-ethyl adjacent to an activating group) is 1. The van der Waals surface area contributed by atoms with E-state index in [0.29, 0.717) is 13.0 Å². The molecule has 0 unspecified atom stereocenters. The van der Waals surface area contributed by atoms with Crippen LogP contribution in [0.25, 0.3) is 11.1 Å². The smallest absolute Gasteiger partial charge is 0.407 e. The number of fused-ring (bicyclic) bond motifs is 3. The van der Waals surface area contributed by atoms with Crippen molar-refractivity contribution >= 4 is 18.0 Å². The molecule has 0 heterocycles. The predicted octanol–water partition coefficient (Wildman–Crippen LogP) is 2.78. The van der Waals surface area contributed by atoms with Crippen molar-refractivity contribution in [2.45, 2.75) is 25.3 Å². The summed E-state index contributed by atoms with van der Waals surface area (Å²) in [6.07, 6.45) is -0.0950. The van der Waals surface area contributed by atoms with Gasteiger partial charge in [0.1, 0.15) is 19.2 Å². The summed E-state index contributed by atoms with van der Waals surface area (Å²) in [6, 6.07) is 15.2. The second-order valence-corrected chi connectivity index (χ2v) is 8.44. The number of nitrogens with zero attached hydrogens (tertiary/aromatic N) is 2. The number of carbonyl (C=O) groups is 3. The Bertz CT molecular complexity index is 962. The van der Waals surface area contributed by atoms with E-state index in [9.17, 15) is 14.4 Å². The number of nitrogens with one attached hydrogen (secondary N) is 1. The van der Waals surface area contributed by atoms with E-state index in [1.807, 2.05) is 43.3 Å². The van der Waals surface area contributed by atoms with Gasteiger partial charge in [0.25, 0.3) is 0 Å². The second kappa shape index (κ2) is 11.0. The van der Waals surface area contributed by atoms with E-state index in [1.54, 1.807) is 19.0 Å². The number of rotatable bonds is 10. The van der Waals surface area contributed by atoms with Crippen LogP contribution in [0, 0.1) is 0 Å². The fourth-order valence-electron chi connectivity index (χ4n) is 4.25. The molecular weight excluding hydrogens is 422 g/mol. The highest BCUT2D eigenvalue weighted by Crippen LogP contribution is 2.44. The molecule has 0 saturated heterocycles. The molecule has 2 amide bonds. The lowest BCUT2D eigenvalue weighted by molar-refractivity contribution is -0.145. The van der Waals surface area contributed by atoms with Gasteiger partial charge in [-0.3, -0.25) is 9.59 Å². The number of alkyl carbamates (subject to hydrolysis) is 1. The first-order chi connectivity index (χ1) is 15.8. The Hall–Kier alpha value is -3.39. The van der Waals surface area contributed by atoms with E-state index in [1.165, 1.54) is 4.90 Å². The van der Waals surface area contributed by atoms with Crippen molar-refractivity contribution in [3.63, 3.8) is 0 Å². The first-order valence-corrected chi connectivity index (χ1v) is 11.1. The zero-order chi connectivity index (χ0) is 24.0. The van der Waals surface area contributed by atoms with Gasteiger partial charge < -0.3 is 25.0 Å². The van der Waals surface area contributed by atoms with E-state index in [4.69, 9.17) is 9.84 Å². The van der Waals surface area contributed by atoms with Gasteiger partial charge >= 0.3 is 12.1 Å². The maximum atomic E-state index is 13.0. The molecule has 1 atom stereocenters. The van der Waals surface area contributed by atoms with Crippen LogP contribution in [0.1, 0.15) is 30.4 Å². The van der Waals surface area contributed by atoms with Gasteiger partial charge in [0.2, 0.25) is 5.91 Å². The highest BCUT2D eigenvalue weighted by Gasteiger charge is 2.31. The summed E-state index contributed by atoms with van der Waals surface area (Å²) in [6.45, 7) is 2.10. The van der Waals surface area contributed by atoms with E-state index in [-0.39, 0.29) is 19.1 Å². The fraction of sp³-hybridized carbons (Fsp3) is 0.400. The molecule has 176 valence electrons. The first kappa shape index (κ1) is 24.3. The normalized spacial score (nSPS) is 13.2. The first-order valence-electron chi connectivity index (χ1n) is 11.1. The lowest BCUT2D eigenvalue weighted by atomic mass is 9.98. The van der Waals surface area contributed by atoms with Gasteiger partial charge in [-0.05, 0) is 42.8 Å². The second-order valence-electron chi connectivity index (χ2n) is 8.44. The highest BCUT2D eigenvalue weighted by atomic mass is 16.5. The highest BCUT2D eigenvalue weighted by molar-refractivity contribution is 5.88. The lowest BCUT2D eigenvalue weighted by Crippen LogP contribution is -2.54. The minimum atomic E-state index is -1.10. The SMILES string of the molecule is CCCN(CC(=O)O)C(=O)[C@H](CN(C)C)NC(=O)OCC1c2ccccc2-c2ccccc21. The molecule has 2 aromatic rings. The molecule has 0 radical (unpaired) electrons. The number of ether oxygens (including phenoxy) is 1. The zero-order valence-corrected chi connectivity index (χ0v) is 19.3. The molecule has 2 N–H and O–H groups in total. The Balaban J connectivity index is 1.70. The molecular formula is C25H31N3O5. The maximum Gasteiger partial charge on any atom is 0.407 e. The molecule has 0 fully saturated rings. The minimum Gasteiger partial charge on any atom is -0.480 e. The average Bonchev–Trinajstić information content (AvgIpc) is 3.09. The summed E-state index contributed by atoms with van der Waals surface area (Å²) in [5.74, 6) is -1.63. The standard InChI is InChI=1S/C25H31N3O5/c1-4-13-28(15-23(29)30)24(31)22(14-27(2)3)26-25(32)33-16-21-19-11-7-5-9-17(19)18-10-6-8-12-20(18)21/h5-12,21-22H,4,13-16H2,1-3H3,(H,26,32)(H,29,30)/t22-/m0/s1. The van der Waals surface area contributed by atoms with Crippen LogP contribution in [0.4, 0.5) is 4.79 Å². The van der Waals surface area contributed by atoms with Gasteiger partial charge in [-0.15, -0.1) is 0 Å². The van der Waals surface area contributed by atoms with E-state index >= 15 is 0 Å². The van der Waals surface area contributed by atoms with Crippen molar-refractivity contribution in [3.05, 3.63) is 59.7 Å². The van der Waals surface area contributed by atoms with Crippen molar-refractivity contribution in [3.8, 4) is 11.1 Å². The Kier molecular flexibility index (Phi) is 8.06. The number of amides is 2. The zero-order valence-electron chi connectivity index (χ0n) is 19.3. The number of carboxylic acids is 1. The van der Waals surface area contributed by atoms with Gasteiger partial charge in [-0.1, -0.05) is 55.5 Å². The lowest BCUT2D eigenvalue weighted by Gasteiger charge is -2.28. The molecule has 0 saturated carbocycles. The molecule has 0 aromatic heterocycles. The maximum absolute atomic E-state index is 13.0. The van der Waals surface area contributed by atoms with Crippen molar-refractivity contribution < 1.29 is 24.2 Å². The number of carbonyl (C=O) groups excluding carboxylic acids is 2. The molecule has 8 heteroatoms. The van der Waals surface area contributed by atoms with Gasteiger partial charge in [-0.25, -0.2) is 4.79 Å². The molecule has 3 rings (SSSR count). The Labute approximate surface area is 194 Å². The van der Waals surface area contributed by atoms with Crippen LogP contribution < -0.4 is 5.32 Å². The molecule has 2 aromatic carbocycles. The third-order valence-corrected chi connectivity index (χ3v) is 5.61. The average molecular weight is 454 g/mol. The quantitative estimate of drug-likeness (QED) is 0.574. The van der Waals surface area contributed by atoms with Crippen LogP contribution in [0.3, 0.4) is 0 Å². The minimum absolute atomic E-state index is 0.0882. The molecule has 0 bridgehead atoms. The van der Waals surface area contributed by atoms with Gasteiger partial charge in [-0.2, -0.15) is 0 Å². The van der Waals surface area contributed by atoms with Gasteiger partial charge in [0.05, 0.1) is 0 Å². The number of hydrogen-bond donors (Lipinski definition) is 2. The summed E-state index contributed by atoms with van der Waals surface area (Å²) < 4.78 is 5.57. The third-order valence-electron chi connectivity index (χ3n) is 5.61. The fourth-order valence-corrected chi connectivity index (χ4v) is 4.25. The molecule has 8 nitrogen and oxygen atoms in total. The van der Waals surface area contributed by atoms with Crippen LogP contribution in [0.5, 0.6) is 0 Å². The van der Waals surface area contributed by atoms with Crippen LogP contribution in [-0.4, -0.2) is 79.3 Å². The Morgan fingerprint density at radius 2 is 1.61 bits per heavy atom. The summed E-state index contributed by atoms with van der Waals surface area (Å²) in [5, 5.41) is 11.8. The topological polar surface area (TPSA) is 99.2 Å². The van der Waals surface area contributed by atoms with Crippen LogP contribution in [0.2, 0.25) is 0 Å². The van der Waals surface area contributed by atoms with E-state index in [2.05, 4.69) is 17.4 Å².